The van der Waals surface area contributed by atoms with Crippen molar-refractivity contribution in [2.45, 2.75) is 32.6 Å². The molecule has 1 aromatic rings. The Morgan fingerprint density at radius 1 is 1.16 bits per heavy atom. The predicted molar refractivity (Wildman–Crippen MR) is 72.9 cm³/mol. The minimum atomic E-state index is -0.738. The molecule has 0 aromatic heterocycles. The van der Waals surface area contributed by atoms with Gasteiger partial charge in [-0.3, -0.25) is 9.59 Å². The van der Waals surface area contributed by atoms with Gasteiger partial charge in [-0.15, -0.1) is 0 Å². The largest absolute Gasteiger partial charge is 0.481 e. The zero-order valence-corrected chi connectivity index (χ0v) is 11.1. The Kier molecular flexibility index (Phi) is 4.20. The van der Waals surface area contributed by atoms with Gasteiger partial charge < -0.3 is 10.4 Å². The van der Waals surface area contributed by atoms with Crippen LogP contribution in [0.3, 0.4) is 0 Å². The fraction of sp³-hybridized carbons (Fsp3) is 0.467. The second-order valence-corrected chi connectivity index (χ2v) is 5.25. The second kappa shape index (κ2) is 5.87. The molecule has 4 heteroatoms. The minimum absolute atomic E-state index is 0.00874. The summed E-state index contributed by atoms with van der Waals surface area (Å²) >= 11 is 0. The minimum Gasteiger partial charge on any atom is -0.481 e. The number of hydrogen-bond acceptors (Lipinski definition) is 2. The summed E-state index contributed by atoms with van der Waals surface area (Å²) in [5.74, 6) is -1.06. The molecule has 19 heavy (non-hydrogen) atoms. The normalized spacial score (nSPS) is 22.8. The second-order valence-electron chi connectivity index (χ2n) is 5.25. The molecule has 1 aliphatic carbocycles. The lowest BCUT2D eigenvalue weighted by molar-refractivity contribution is -0.143. The number of carboxylic acid groups (broad SMARTS) is 1. The third-order valence-electron chi connectivity index (χ3n) is 3.73. The van der Waals surface area contributed by atoms with Gasteiger partial charge in [0.1, 0.15) is 0 Å². The van der Waals surface area contributed by atoms with Crippen molar-refractivity contribution >= 4 is 17.6 Å². The van der Waals surface area contributed by atoms with Crippen LogP contribution in [0.5, 0.6) is 0 Å². The highest BCUT2D eigenvalue weighted by molar-refractivity contribution is 5.92. The summed E-state index contributed by atoms with van der Waals surface area (Å²) in [6.07, 6.45) is 2.52. The highest BCUT2D eigenvalue weighted by atomic mass is 16.4. The molecular weight excluding hydrogens is 242 g/mol. The summed E-state index contributed by atoms with van der Waals surface area (Å²) in [5.41, 5.74) is 1.91. The molecule has 4 nitrogen and oxygen atoms in total. The molecule has 0 aliphatic heterocycles. The summed E-state index contributed by atoms with van der Waals surface area (Å²) in [5, 5.41) is 11.8. The van der Waals surface area contributed by atoms with Crippen LogP contribution in [0.2, 0.25) is 0 Å². The molecule has 0 unspecified atom stereocenters. The summed E-state index contributed by atoms with van der Waals surface area (Å²) in [6.45, 7) is 1.98. The lowest BCUT2D eigenvalue weighted by Gasteiger charge is -2.25. The Bertz CT molecular complexity index is 476. The summed E-state index contributed by atoms with van der Waals surface area (Å²) < 4.78 is 0. The van der Waals surface area contributed by atoms with Crippen LogP contribution in [0.25, 0.3) is 0 Å². The van der Waals surface area contributed by atoms with Gasteiger partial charge in [0.2, 0.25) is 5.91 Å². The number of nitrogens with one attached hydrogen (secondary N) is 1. The Hall–Kier alpha value is -1.84. The van der Waals surface area contributed by atoms with E-state index in [0.29, 0.717) is 25.7 Å². The first-order valence-corrected chi connectivity index (χ1v) is 6.66. The maximum atomic E-state index is 12.1. The van der Waals surface area contributed by atoms with Crippen LogP contribution >= 0.6 is 0 Å². The van der Waals surface area contributed by atoms with Crippen molar-refractivity contribution in [1.82, 2.24) is 0 Å². The maximum Gasteiger partial charge on any atom is 0.306 e. The van der Waals surface area contributed by atoms with Gasteiger partial charge in [-0.2, -0.15) is 0 Å². The van der Waals surface area contributed by atoms with Crippen molar-refractivity contribution in [2.24, 2.45) is 11.8 Å². The Morgan fingerprint density at radius 2 is 1.79 bits per heavy atom. The number of carbonyl (C=O) groups is 2. The molecule has 0 spiro atoms. The van der Waals surface area contributed by atoms with Crippen molar-refractivity contribution in [3.8, 4) is 0 Å². The van der Waals surface area contributed by atoms with Crippen LogP contribution in [0.4, 0.5) is 5.69 Å². The number of hydrogen-bond donors (Lipinski definition) is 2. The Labute approximate surface area is 112 Å². The van der Waals surface area contributed by atoms with E-state index in [9.17, 15) is 9.59 Å². The lowest BCUT2D eigenvalue weighted by Crippen LogP contribution is -2.29. The van der Waals surface area contributed by atoms with Gasteiger partial charge >= 0.3 is 5.97 Å². The van der Waals surface area contributed by atoms with Gasteiger partial charge in [0.05, 0.1) is 5.92 Å². The summed E-state index contributed by atoms with van der Waals surface area (Å²) in [6, 6.07) is 7.69. The average molecular weight is 261 g/mol. The number of carbonyl (C=O) groups excluding carboxylic acids is 1. The molecule has 0 bridgehead atoms. The van der Waals surface area contributed by atoms with Crippen molar-refractivity contribution in [3.05, 3.63) is 29.8 Å². The van der Waals surface area contributed by atoms with Gasteiger partial charge in [0, 0.05) is 11.6 Å². The van der Waals surface area contributed by atoms with Gasteiger partial charge in [0.15, 0.2) is 0 Å². The third-order valence-corrected chi connectivity index (χ3v) is 3.73. The van der Waals surface area contributed by atoms with E-state index in [1.807, 2.05) is 31.2 Å². The highest BCUT2D eigenvalue weighted by Gasteiger charge is 2.29. The van der Waals surface area contributed by atoms with E-state index in [-0.39, 0.29) is 17.7 Å². The molecule has 2 N–H and O–H groups in total. The van der Waals surface area contributed by atoms with Crippen molar-refractivity contribution in [2.75, 3.05) is 5.32 Å². The predicted octanol–water partition coefficient (Wildman–Crippen LogP) is 2.82. The van der Waals surface area contributed by atoms with Crippen molar-refractivity contribution in [1.29, 1.82) is 0 Å². The van der Waals surface area contributed by atoms with Gasteiger partial charge in [-0.05, 0) is 50.3 Å². The Morgan fingerprint density at radius 3 is 2.37 bits per heavy atom. The fourth-order valence-electron chi connectivity index (χ4n) is 2.57. The van der Waals surface area contributed by atoms with Crippen LogP contribution in [0, 0.1) is 18.8 Å². The van der Waals surface area contributed by atoms with E-state index in [1.54, 1.807) is 0 Å². The molecular formula is C15H19NO3. The quantitative estimate of drug-likeness (QED) is 0.879. The van der Waals surface area contributed by atoms with Crippen LogP contribution in [0.1, 0.15) is 31.2 Å². The fourth-order valence-corrected chi connectivity index (χ4v) is 2.57. The average Bonchev–Trinajstić information content (AvgIpc) is 2.39. The molecule has 1 aliphatic rings. The zero-order chi connectivity index (χ0) is 13.8. The first-order chi connectivity index (χ1) is 9.06. The standard InChI is InChI=1S/C15H19NO3/c1-10-3-2-4-13(9-10)16-14(17)11-5-7-12(8-6-11)15(18)19/h2-4,9,11-12H,5-8H2,1H3,(H,16,17)(H,18,19). The molecule has 2 rings (SSSR count). The smallest absolute Gasteiger partial charge is 0.306 e. The first kappa shape index (κ1) is 13.6. The number of rotatable bonds is 3. The van der Waals surface area contributed by atoms with Crippen molar-refractivity contribution in [3.63, 3.8) is 0 Å². The monoisotopic (exact) mass is 261 g/mol. The molecule has 102 valence electrons. The van der Waals surface area contributed by atoms with Crippen LogP contribution in [0.15, 0.2) is 24.3 Å². The van der Waals surface area contributed by atoms with E-state index in [4.69, 9.17) is 5.11 Å². The number of aryl methyl sites for hydroxylation is 1. The van der Waals surface area contributed by atoms with Gasteiger partial charge in [-0.25, -0.2) is 0 Å². The summed E-state index contributed by atoms with van der Waals surface area (Å²) in [4.78, 5) is 23.0. The van der Waals surface area contributed by atoms with Crippen molar-refractivity contribution < 1.29 is 14.7 Å². The number of benzene rings is 1. The van der Waals surface area contributed by atoms with Crippen LogP contribution < -0.4 is 5.32 Å². The SMILES string of the molecule is Cc1cccc(NC(=O)C2CCC(C(=O)O)CC2)c1. The Balaban J connectivity index is 1.90. The highest BCUT2D eigenvalue weighted by Crippen LogP contribution is 2.29. The molecule has 1 fully saturated rings. The number of carboxylic acids is 1. The summed E-state index contributed by atoms with van der Waals surface area (Å²) in [7, 11) is 0. The number of anilines is 1. The molecule has 0 atom stereocenters. The van der Waals surface area contributed by atoms with E-state index in [1.165, 1.54) is 0 Å². The van der Waals surface area contributed by atoms with Crippen LogP contribution in [-0.2, 0) is 9.59 Å². The molecule has 0 heterocycles. The topological polar surface area (TPSA) is 66.4 Å². The molecule has 1 aromatic carbocycles. The molecule has 1 amide bonds. The van der Waals surface area contributed by atoms with E-state index < -0.39 is 5.97 Å². The van der Waals surface area contributed by atoms with E-state index in [2.05, 4.69) is 5.32 Å². The molecule has 1 saturated carbocycles. The van der Waals surface area contributed by atoms with Crippen LogP contribution in [-0.4, -0.2) is 17.0 Å². The van der Waals surface area contributed by atoms with E-state index in [0.717, 1.165) is 11.3 Å². The number of aliphatic carboxylic acids is 1. The van der Waals surface area contributed by atoms with Gasteiger partial charge in [-0.1, -0.05) is 12.1 Å². The molecule has 0 saturated heterocycles. The van der Waals surface area contributed by atoms with Gasteiger partial charge in [0.25, 0.3) is 0 Å². The maximum absolute atomic E-state index is 12.1. The third kappa shape index (κ3) is 3.56. The van der Waals surface area contributed by atoms with E-state index >= 15 is 0 Å². The zero-order valence-electron chi connectivity index (χ0n) is 11.1. The lowest BCUT2D eigenvalue weighted by atomic mass is 9.81. The first-order valence-electron chi connectivity index (χ1n) is 6.66. The number of amides is 1. The molecule has 0 radical (unpaired) electrons.